The fraction of sp³-hybridized carbons (Fsp3) is 0.409. The summed E-state index contributed by atoms with van der Waals surface area (Å²) < 4.78 is 5.86. The van der Waals surface area contributed by atoms with E-state index in [1.165, 1.54) is 36.8 Å². The summed E-state index contributed by atoms with van der Waals surface area (Å²) >= 11 is 0. The molecule has 4 heteroatoms. The van der Waals surface area contributed by atoms with Gasteiger partial charge in [-0.15, -0.1) is 0 Å². The molecular weight excluding hydrogens is 326 g/mol. The number of nitrogens with one attached hydrogen (secondary N) is 1. The van der Waals surface area contributed by atoms with Gasteiger partial charge in [0.2, 0.25) is 5.91 Å². The van der Waals surface area contributed by atoms with Crippen molar-refractivity contribution in [3.8, 4) is 11.5 Å². The van der Waals surface area contributed by atoms with Crippen molar-refractivity contribution in [3.05, 3.63) is 53.6 Å². The molecule has 1 aliphatic carbocycles. The van der Waals surface area contributed by atoms with Gasteiger partial charge in [0.25, 0.3) is 0 Å². The van der Waals surface area contributed by atoms with Gasteiger partial charge in [-0.25, -0.2) is 0 Å². The third-order valence-corrected chi connectivity index (χ3v) is 4.79. The number of hydrogen-bond donors (Lipinski definition) is 2. The number of carbonyl (C=O) groups excluding carboxylic acids is 1. The van der Waals surface area contributed by atoms with Crippen LogP contribution in [0.25, 0.3) is 0 Å². The van der Waals surface area contributed by atoms with Crippen molar-refractivity contribution in [1.29, 1.82) is 0 Å². The lowest BCUT2D eigenvalue weighted by Gasteiger charge is -2.16. The molecule has 0 heterocycles. The van der Waals surface area contributed by atoms with Gasteiger partial charge in [0.15, 0.2) is 0 Å². The fourth-order valence-corrected chi connectivity index (χ4v) is 3.32. The summed E-state index contributed by atoms with van der Waals surface area (Å²) in [7, 11) is 0. The molecule has 2 aromatic carbocycles. The van der Waals surface area contributed by atoms with Crippen LogP contribution in [-0.4, -0.2) is 17.6 Å². The summed E-state index contributed by atoms with van der Waals surface area (Å²) in [6.07, 6.45) is 8.20. The highest BCUT2D eigenvalue weighted by Gasteiger charge is 2.09. The first kappa shape index (κ1) is 18.3. The topological polar surface area (TPSA) is 58.6 Å². The summed E-state index contributed by atoms with van der Waals surface area (Å²) in [5.74, 6) is 1.17. The van der Waals surface area contributed by atoms with E-state index in [-0.39, 0.29) is 11.7 Å². The van der Waals surface area contributed by atoms with Crippen LogP contribution in [0.1, 0.15) is 49.7 Å². The third-order valence-electron chi connectivity index (χ3n) is 4.79. The zero-order valence-corrected chi connectivity index (χ0v) is 15.2. The molecule has 0 spiro atoms. The Morgan fingerprint density at radius 2 is 1.73 bits per heavy atom. The quantitative estimate of drug-likeness (QED) is 0.527. The molecule has 0 fully saturated rings. The van der Waals surface area contributed by atoms with E-state index in [2.05, 4.69) is 23.5 Å². The molecule has 1 aliphatic rings. The molecule has 0 saturated heterocycles. The molecule has 2 N–H and O–H groups in total. The highest BCUT2D eigenvalue weighted by Crippen LogP contribution is 2.25. The first-order valence-corrected chi connectivity index (χ1v) is 9.54. The smallest absolute Gasteiger partial charge is 0.224 e. The van der Waals surface area contributed by atoms with E-state index in [1.807, 2.05) is 0 Å². The number of phenols is 1. The Balaban J connectivity index is 1.29. The molecule has 0 unspecified atom stereocenters. The second-order valence-corrected chi connectivity index (χ2v) is 6.89. The van der Waals surface area contributed by atoms with Gasteiger partial charge in [-0.1, -0.05) is 6.07 Å². The molecule has 0 aliphatic heterocycles. The van der Waals surface area contributed by atoms with E-state index in [4.69, 9.17) is 4.74 Å². The molecule has 0 bridgehead atoms. The van der Waals surface area contributed by atoms with E-state index in [1.54, 1.807) is 24.3 Å². The first-order valence-electron chi connectivity index (χ1n) is 9.54. The molecule has 0 saturated carbocycles. The zero-order valence-electron chi connectivity index (χ0n) is 15.2. The third kappa shape index (κ3) is 5.51. The van der Waals surface area contributed by atoms with Crippen molar-refractivity contribution >= 4 is 11.6 Å². The van der Waals surface area contributed by atoms with Crippen LogP contribution in [0, 0.1) is 0 Å². The number of rotatable bonds is 8. The summed E-state index contributed by atoms with van der Waals surface area (Å²) in [4.78, 5) is 11.9. The lowest BCUT2D eigenvalue weighted by atomic mass is 9.92. The number of fused-ring (bicyclic) bond motifs is 1. The molecule has 4 nitrogen and oxygen atoms in total. The molecule has 0 aromatic heterocycles. The molecule has 0 atom stereocenters. The van der Waals surface area contributed by atoms with Gasteiger partial charge in [-0.2, -0.15) is 0 Å². The van der Waals surface area contributed by atoms with E-state index >= 15 is 0 Å². The number of aromatic hydroxyl groups is 1. The second kappa shape index (κ2) is 9.27. The number of aryl methyl sites for hydroxylation is 2. The second-order valence-electron chi connectivity index (χ2n) is 6.89. The van der Waals surface area contributed by atoms with Crippen molar-refractivity contribution in [1.82, 2.24) is 0 Å². The van der Waals surface area contributed by atoms with E-state index in [0.29, 0.717) is 18.7 Å². The SMILES string of the molecule is O=C(CCCCCOc1ccc2c(c1)CCCC2)Nc1ccc(O)cc1. The van der Waals surface area contributed by atoms with Gasteiger partial charge >= 0.3 is 0 Å². The Hall–Kier alpha value is -2.49. The lowest BCUT2D eigenvalue weighted by molar-refractivity contribution is -0.116. The zero-order chi connectivity index (χ0) is 18.2. The Bertz CT molecular complexity index is 725. The maximum Gasteiger partial charge on any atom is 0.224 e. The van der Waals surface area contributed by atoms with Gasteiger partial charge in [0.05, 0.1) is 6.61 Å². The number of carbonyl (C=O) groups is 1. The lowest BCUT2D eigenvalue weighted by Crippen LogP contribution is -2.11. The van der Waals surface area contributed by atoms with Crippen LogP contribution in [0.3, 0.4) is 0 Å². The summed E-state index contributed by atoms with van der Waals surface area (Å²) in [6.45, 7) is 0.693. The summed E-state index contributed by atoms with van der Waals surface area (Å²) in [5.41, 5.74) is 3.63. The van der Waals surface area contributed by atoms with E-state index in [0.717, 1.165) is 25.0 Å². The van der Waals surface area contributed by atoms with Gasteiger partial charge in [0, 0.05) is 12.1 Å². The average Bonchev–Trinajstić information content (AvgIpc) is 2.66. The number of phenolic OH excluding ortho intramolecular Hbond substituents is 1. The van der Waals surface area contributed by atoms with Crippen LogP contribution < -0.4 is 10.1 Å². The van der Waals surface area contributed by atoms with Crippen LogP contribution in [-0.2, 0) is 17.6 Å². The monoisotopic (exact) mass is 353 g/mol. The average molecular weight is 353 g/mol. The standard InChI is InChI=1S/C22H27NO3/c24-20-12-10-19(11-13-20)23-22(25)8-2-1-5-15-26-21-14-9-17-6-3-4-7-18(17)16-21/h9-14,16,24H,1-8,15H2,(H,23,25). The van der Waals surface area contributed by atoms with E-state index in [9.17, 15) is 9.90 Å². The molecule has 3 rings (SSSR count). The van der Waals surface area contributed by atoms with Crippen LogP contribution in [0.15, 0.2) is 42.5 Å². The number of hydrogen-bond acceptors (Lipinski definition) is 3. The molecule has 1 amide bonds. The fourth-order valence-electron chi connectivity index (χ4n) is 3.32. The van der Waals surface area contributed by atoms with Crippen molar-refractivity contribution in [2.24, 2.45) is 0 Å². The number of unbranched alkanes of at least 4 members (excludes halogenated alkanes) is 2. The molecule has 138 valence electrons. The van der Waals surface area contributed by atoms with Crippen LogP contribution >= 0.6 is 0 Å². The number of ether oxygens (including phenoxy) is 1. The van der Waals surface area contributed by atoms with Crippen molar-refractivity contribution < 1.29 is 14.6 Å². The summed E-state index contributed by atoms with van der Waals surface area (Å²) in [6, 6.07) is 13.0. The predicted molar refractivity (Wildman–Crippen MR) is 104 cm³/mol. The van der Waals surface area contributed by atoms with Crippen molar-refractivity contribution in [3.63, 3.8) is 0 Å². The van der Waals surface area contributed by atoms with Crippen molar-refractivity contribution in [2.45, 2.75) is 51.4 Å². The molecular formula is C22H27NO3. The number of anilines is 1. The highest BCUT2D eigenvalue weighted by molar-refractivity contribution is 5.90. The van der Waals surface area contributed by atoms with Crippen LogP contribution in [0.4, 0.5) is 5.69 Å². The normalized spacial score (nSPS) is 13.1. The number of amides is 1. The Morgan fingerprint density at radius 3 is 2.54 bits per heavy atom. The van der Waals surface area contributed by atoms with Crippen LogP contribution in [0.5, 0.6) is 11.5 Å². The number of benzene rings is 2. The Kier molecular flexibility index (Phi) is 6.53. The molecule has 2 aromatic rings. The van der Waals surface area contributed by atoms with Crippen molar-refractivity contribution in [2.75, 3.05) is 11.9 Å². The van der Waals surface area contributed by atoms with Gasteiger partial charge in [-0.05, 0) is 92.5 Å². The van der Waals surface area contributed by atoms with Gasteiger partial charge in [-0.3, -0.25) is 4.79 Å². The first-order chi connectivity index (χ1) is 12.7. The molecule has 0 radical (unpaired) electrons. The Morgan fingerprint density at radius 1 is 0.962 bits per heavy atom. The minimum Gasteiger partial charge on any atom is -0.508 e. The highest BCUT2D eigenvalue weighted by atomic mass is 16.5. The Labute approximate surface area is 155 Å². The maximum atomic E-state index is 11.9. The molecule has 26 heavy (non-hydrogen) atoms. The minimum atomic E-state index is 0.00583. The largest absolute Gasteiger partial charge is 0.508 e. The predicted octanol–water partition coefficient (Wildman–Crippen LogP) is 4.85. The van der Waals surface area contributed by atoms with Crippen LogP contribution in [0.2, 0.25) is 0 Å². The minimum absolute atomic E-state index is 0.00583. The summed E-state index contributed by atoms with van der Waals surface area (Å²) in [5, 5.41) is 12.1. The van der Waals surface area contributed by atoms with E-state index < -0.39 is 0 Å². The van der Waals surface area contributed by atoms with Gasteiger partial charge < -0.3 is 15.2 Å². The van der Waals surface area contributed by atoms with Gasteiger partial charge in [0.1, 0.15) is 11.5 Å². The maximum absolute atomic E-state index is 11.9.